The van der Waals surface area contributed by atoms with Gasteiger partial charge in [0.2, 0.25) is 0 Å². The molecule has 0 saturated carbocycles. The van der Waals surface area contributed by atoms with Crippen molar-refractivity contribution in [3.63, 3.8) is 0 Å². The van der Waals surface area contributed by atoms with Gasteiger partial charge in [-0.2, -0.15) is 4.99 Å². The Labute approximate surface area is 230 Å². The van der Waals surface area contributed by atoms with Gasteiger partial charge in [0.1, 0.15) is 11.5 Å². The number of pyridine rings is 2. The van der Waals surface area contributed by atoms with Gasteiger partial charge >= 0.3 is 0 Å². The predicted molar refractivity (Wildman–Crippen MR) is 156 cm³/mol. The highest BCUT2D eigenvalue weighted by Crippen LogP contribution is 2.38. The second kappa shape index (κ2) is 10.1. The zero-order chi connectivity index (χ0) is 27.8. The van der Waals surface area contributed by atoms with Gasteiger partial charge in [-0.25, -0.2) is 9.97 Å². The lowest BCUT2D eigenvalue weighted by molar-refractivity contribution is 0.0992. The number of amidine groups is 1. The van der Waals surface area contributed by atoms with Crippen LogP contribution in [0.4, 0.5) is 11.6 Å². The number of nitrogens with two attached hydrogens (primary N) is 1. The van der Waals surface area contributed by atoms with E-state index in [1.807, 2.05) is 63.5 Å². The average Bonchev–Trinajstić information content (AvgIpc) is 3.55. The molecule has 5 heterocycles. The normalized spacial score (nSPS) is 13.7. The number of fused-ring (bicyclic) bond motifs is 2. The highest BCUT2D eigenvalue weighted by Gasteiger charge is 2.32. The highest BCUT2D eigenvalue weighted by molar-refractivity contribution is 6.13. The molecule has 198 valence electrons. The van der Waals surface area contributed by atoms with Crippen molar-refractivity contribution in [2.45, 2.75) is 20.4 Å². The molecule has 6 rings (SSSR count). The molecule has 1 amide bonds. The molecule has 10 nitrogen and oxygen atoms in total. The molecule has 0 saturated heterocycles. The van der Waals surface area contributed by atoms with Crippen LogP contribution in [0.5, 0.6) is 0 Å². The number of aromatic nitrogens is 5. The number of anilines is 1. The predicted octanol–water partition coefficient (Wildman–Crippen LogP) is 4.66. The number of rotatable bonds is 6. The van der Waals surface area contributed by atoms with E-state index in [-0.39, 0.29) is 11.9 Å². The van der Waals surface area contributed by atoms with Crippen LogP contribution >= 0.6 is 0 Å². The third kappa shape index (κ3) is 4.45. The van der Waals surface area contributed by atoms with E-state index in [4.69, 9.17) is 10.7 Å². The lowest BCUT2D eigenvalue weighted by Crippen LogP contribution is -2.23. The molecule has 5 aromatic rings. The van der Waals surface area contributed by atoms with Gasteiger partial charge in [-0.15, -0.1) is 0 Å². The number of H-pyrrole nitrogens is 1. The van der Waals surface area contributed by atoms with Crippen LogP contribution in [0, 0.1) is 6.92 Å². The van der Waals surface area contributed by atoms with E-state index >= 15 is 0 Å². The number of para-hydroxylation sites is 1. The maximum absolute atomic E-state index is 13.4. The molecule has 1 aromatic carbocycles. The van der Waals surface area contributed by atoms with Gasteiger partial charge in [0, 0.05) is 65.8 Å². The first-order valence-corrected chi connectivity index (χ1v) is 12.8. The minimum Gasteiger partial charge on any atom is -0.392 e. The molecule has 0 radical (unpaired) electrons. The monoisotopic (exact) mass is 529 g/mol. The van der Waals surface area contributed by atoms with E-state index in [2.05, 4.69) is 30.2 Å². The Hall–Kier alpha value is -5.38. The number of nitrogens with zero attached hydrogens (tertiary/aromatic N) is 6. The molecule has 0 aliphatic carbocycles. The summed E-state index contributed by atoms with van der Waals surface area (Å²) < 4.78 is 0. The van der Waals surface area contributed by atoms with Gasteiger partial charge in [-0.1, -0.05) is 12.1 Å². The van der Waals surface area contributed by atoms with Gasteiger partial charge in [0.05, 0.1) is 23.4 Å². The number of aromatic amines is 1. The lowest BCUT2D eigenvalue weighted by atomic mass is 10.1. The Kier molecular flexibility index (Phi) is 6.27. The van der Waals surface area contributed by atoms with E-state index in [0.717, 1.165) is 55.8 Å². The van der Waals surface area contributed by atoms with Crippen molar-refractivity contribution in [1.82, 2.24) is 30.2 Å². The van der Waals surface area contributed by atoms with Crippen LogP contribution in [0.1, 0.15) is 28.5 Å². The Balaban J connectivity index is 1.36. The van der Waals surface area contributed by atoms with Crippen molar-refractivity contribution in [1.29, 1.82) is 0 Å². The summed E-state index contributed by atoms with van der Waals surface area (Å²) in [5.41, 5.74) is 14.4. The third-order valence-corrected chi connectivity index (χ3v) is 6.94. The van der Waals surface area contributed by atoms with Crippen LogP contribution in [0.3, 0.4) is 0 Å². The van der Waals surface area contributed by atoms with E-state index in [1.165, 1.54) is 0 Å². The number of benzene rings is 1. The van der Waals surface area contributed by atoms with Gasteiger partial charge in [-0.05, 0) is 55.3 Å². The van der Waals surface area contributed by atoms with Gasteiger partial charge < -0.3 is 20.9 Å². The summed E-state index contributed by atoms with van der Waals surface area (Å²) in [4.78, 5) is 40.6. The molecular formula is C30H27N9O. The maximum atomic E-state index is 13.4. The summed E-state index contributed by atoms with van der Waals surface area (Å²) in [5, 5.41) is 3.95. The topological polar surface area (TPSA) is 138 Å². The van der Waals surface area contributed by atoms with Gasteiger partial charge in [0.15, 0.2) is 0 Å². The molecule has 0 fully saturated rings. The number of carbonyl (C=O) groups is 1. The molecule has 1 aliphatic rings. The quantitative estimate of drug-likeness (QED) is 0.215. The number of aryl methyl sites for hydroxylation is 1. The van der Waals surface area contributed by atoms with Crippen LogP contribution in [0.25, 0.3) is 33.3 Å². The zero-order valence-corrected chi connectivity index (χ0v) is 22.3. The molecule has 0 unspecified atom stereocenters. The molecule has 1 aliphatic heterocycles. The third-order valence-electron chi connectivity index (χ3n) is 6.94. The summed E-state index contributed by atoms with van der Waals surface area (Å²) in [6.07, 6.45) is 10.6. The first-order chi connectivity index (χ1) is 19.4. The molecule has 0 atom stereocenters. The fraction of sp³-hybridized carbons (Fsp3) is 0.133. The Bertz CT molecular complexity index is 1820. The van der Waals surface area contributed by atoms with Crippen LogP contribution in [0.15, 0.2) is 84.1 Å². The zero-order valence-electron chi connectivity index (χ0n) is 22.3. The standard InChI is InChI=1S/C30H27N9O/c1-17-13-36-30(37-25(31)11-18(2)32-3)38-26(17)23-15-35-28-22(23)5-4-6-24(28)39-16-21-12-20(14-34-27(21)29(39)40)19-7-9-33-10-8-19/h4-15,32,35H,16H2,1-3H3,(H2,31,36,37,38)/b18-11-. The number of allylic oxidation sites excluding steroid dienone is 1. The Morgan fingerprint density at radius 3 is 2.75 bits per heavy atom. The molecule has 10 heteroatoms. The van der Waals surface area contributed by atoms with Crippen molar-refractivity contribution in [3.8, 4) is 22.4 Å². The van der Waals surface area contributed by atoms with Gasteiger partial charge in [-0.3, -0.25) is 14.8 Å². The molecule has 0 bridgehead atoms. The molecule has 0 spiro atoms. The number of aliphatic imine (C=N–C) groups is 1. The number of hydrogen-bond donors (Lipinski definition) is 3. The summed E-state index contributed by atoms with van der Waals surface area (Å²) >= 11 is 0. The van der Waals surface area contributed by atoms with Crippen LogP contribution < -0.4 is 16.0 Å². The highest BCUT2D eigenvalue weighted by atomic mass is 16.2. The summed E-state index contributed by atoms with van der Waals surface area (Å²) in [6, 6.07) is 11.8. The van der Waals surface area contributed by atoms with Crippen molar-refractivity contribution in [3.05, 3.63) is 96.0 Å². The van der Waals surface area contributed by atoms with Crippen LogP contribution in [-0.4, -0.2) is 43.7 Å². The lowest BCUT2D eigenvalue weighted by Gasteiger charge is -2.16. The van der Waals surface area contributed by atoms with E-state index in [0.29, 0.717) is 18.1 Å². The minimum absolute atomic E-state index is 0.129. The second-order valence-electron chi connectivity index (χ2n) is 9.58. The number of hydrogen-bond acceptors (Lipinski definition) is 7. The maximum Gasteiger partial charge on any atom is 0.277 e. The summed E-state index contributed by atoms with van der Waals surface area (Å²) in [6.45, 7) is 4.28. The number of carbonyl (C=O) groups excluding carboxylic acids is 1. The second-order valence-corrected chi connectivity index (χ2v) is 9.58. The summed E-state index contributed by atoms with van der Waals surface area (Å²) in [5.74, 6) is 0.441. The Morgan fingerprint density at radius 2 is 1.95 bits per heavy atom. The first-order valence-electron chi connectivity index (χ1n) is 12.8. The molecule has 4 N–H and O–H groups in total. The van der Waals surface area contributed by atoms with E-state index in [9.17, 15) is 4.79 Å². The van der Waals surface area contributed by atoms with Crippen LogP contribution in [0.2, 0.25) is 0 Å². The number of amides is 1. The fourth-order valence-corrected chi connectivity index (χ4v) is 4.85. The molecular weight excluding hydrogens is 502 g/mol. The van der Waals surface area contributed by atoms with E-state index < -0.39 is 0 Å². The van der Waals surface area contributed by atoms with Gasteiger partial charge in [0.25, 0.3) is 11.9 Å². The first kappa shape index (κ1) is 24.9. The van der Waals surface area contributed by atoms with Crippen molar-refractivity contribution in [2.75, 3.05) is 11.9 Å². The minimum atomic E-state index is -0.129. The van der Waals surface area contributed by atoms with Crippen molar-refractivity contribution >= 4 is 34.3 Å². The summed E-state index contributed by atoms with van der Waals surface area (Å²) in [7, 11) is 1.82. The number of nitrogens with one attached hydrogen (secondary N) is 2. The smallest absolute Gasteiger partial charge is 0.277 e. The Morgan fingerprint density at radius 1 is 1.12 bits per heavy atom. The van der Waals surface area contributed by atoms with Crippen molar-refractivity contribution < 1.29 is 4.79 Å². The van der Waals surface area contributed by atoms with Crippen molar-refractivity contribution in [2.24, 2.45) is 10.7 Å². The molecule has 40 heavy (non-hydrogen) atoms. The largest absolute Gasteiger partial charge is 0.392 e. The SMILES string of the molecule is CN/C(C)=C\C(N)=N/c1ncc(C)c(-c2c[nH]c3c(N4Cc5cc(-c6ccncc6)cnc5C4=O)cccc23)n1. The fourth-order valence-electron chi connectivity index (χ4n) is 4.85. The average molecular weight is 530 g/mol. The van der Waals surface area contributed by atoms with E-state index in [1.54, 1.807) is 35.8 Å². The van der Waals surface area contributed by atoms with Crippen LogP contribution in [-0.2, 0) is 6.54 Å². The molecule has 4 aromatic heterocycles.